The highest BCUT2D eigenvalue weighted by Crippen LogP contribution is 2.71. The van der Waals surface area contributed by atoms with Gasteiger partial charge in [-0.3, -0.25) is 9.79 Å². The first-order valence-electron chi connectivity index (χ1n) is 13.0. The average Bonchev–Trinajstić information content (AvgIpc) is 3.12. The van der Waals surface area contributed by atoms with E-state index < -0.39 is 45.2 Å². The van der Waals surface area contributed by atoms with Crippen molar-refractivity contribution in [2.45, 2.75) is 87.1 Å². The molecule has 6 nitrogen and oxygen atoms in total. The van der Waals surface area contributed by atoms with E-state index in [2.05, 4.69) is 10.3 Å². The lowest BCUT2D eigenvalue weighted by Crippen LogP contribution is -2.78. The molecule has 6 rings (SSSR count). The third-order valence-electron chi connectivity index (χ3n) is 8.25. The lowest BCUT2D eigenvalue weighted by molar-refractivity contribution is -0.151. The van der Waals surface area contributed by atoms with Crippen LogP contribution >= 0.6 is 23.2 Å². The van der Waals surface area contributed by atoms with Gasteiger partial charge in [-0.1, -0.05) is 47.5 Å². The summed E-state index contributed by atoms with van der Waals surface area (Å²) in [7, 11) is -3.98. The van der Waals surface area contributed by atoms with Crippen LogP contribution in [-0.4, -0.2) is 47.6 Å². The van der Waals surface area contributed by atoms with Crippen LogP contribution < -0.4 is 5.32 Å². The summed E-state index contributed by atoms with van der Waals surface area (Å²) >= 11 is 12.4. The van der Waals surface area contributed by atoms with Crippen LogP contribution in [0.4, 0.5) is 13.2 Å². The highest BCUT2D eigenvalue weighted by atomic mass is 35.5. The molecule has 1 aliphatic heterocycles. The summed E-state index contributed by atoms with van der Waals surface area (Å²) in [4.78, 5) is 17.5. The number of sulfonamides is 1. The molecule has 3 saturated carbocycles. The van der Waals surface area contributed by atoms with E-state index in [1.165, 1.54) is 10.4 Å². The van der Waals surface area contributed by atoms with E-state index in [4.69, 9.17) is 23.2 Å². The Balaban J connectivity index is 1.37. The van der Waals surface area contributed by atoms with Crippen LogP contribution in [0.5, 0.6) is 0 Å². The van der Waals surface area contributed by atoms with E-state index in [0.29, 0.717) is 30.1 Å². The van der Waals surface area contributed by atoms with Gasteiger partial charge in [0.25, 0.3) is 0 Å². The molecule has 0 aromatic heterocycles. The van der Waals surface area contributed by atoms with Crippen LogP contribution in [0.25, 0.3) is 0 Å². The number of rotatable bonds is 10. The smallest absolute Gasteiger partial charge is 0.366 e. The monoisotopic (exact) mass is 615 g/mol. The molecule has 216 valence electrons. The van der Waals surface area contributed by atoms with Gasteiger partial charge in [-0.2, -0.15) is 17.5 Å². The molecule has 2 aromatic carbocycles. The van der Waals surface area contributed by atoms with E-state index in [1.54, 1.807) is 42.5 Å². The van der Waals surface area contributed by atoms with E-state index in [1.807, 2.05) is 13.8 Å². The molecule has 40 heavy (non-hydrogen) atoms. The zero-order valence-corrected chi connectivity index (χ0v) is 24.4. The standard InChI is InChI=1S/C28H30Cl2F3N3O3S/c1-25(2)23(21(37)7-5-13-28(31,32)33)34-24(35-25)26-15-27(16-26,17-26)36(14-18-9-11-19(29)12-10-18)40(38,39)22-8-4-3-6-20(22)30/h3-4,6,8-12,23H,5,7,13-17H2,1-2H3,(H,34,35)/t23-,26?,27?/m0/s1. The van der Waals surface area contributed by atoms with E-state index >= 15 is 0 Å². The number of halogens is 5. The molecule has 0 saturated heterocycles. The summed E-state index contributed by atoms with van der Waals surface area (Å²) in [5, 5.41) is 4.03. The highest BCUT2D eigenvalue weighted by molar-refractivity contribution is 7.89. The van der Waals surface area contributed by atoms with Crippen molar-refractivity contribution in [1.82, 2.24) is 9.62 Å². The predicted molar refractivity (Wildman–Crippen MR) is 148 cm³/mol. The molecule has 0 radical (unpaired) electrons. The van der Waals surface area contributed by atoms with Gasteiger partial charge in [-0.15, -0.1) is 0 Å². The summed E-state index contributed by atoms with van der Waals surface area (Å²) < 4.78 is 67.2. The molecule has 0 unspecified atom stereocenters. The molecule has 3 aliphatic carbocycles. The molecule has 12 heteroatoms. The number of carbonyl (C=O) groups is 1. The largest absolute Gasteiger partial charge is 0.389 e. The maximum Gasteiger partial charge on any atom is 0.389 e. The number of hydrogen-bond donors (Lipinski definition) is 1. The molecule has 1 atom stereocenters. The molecule has 4 aliphatic rings. The fourth-order valence-corrected chi connectivity index (χ4v) is 8.71. The second-order valence-electron chi connectivity index (χ2n) is 11.8. The number of nitrogens with zero attached hydrogens (tertiary/aromatic N) is 2. The summed E-state index contributed by atoms with van der Waals surface area (Å²) in [5.74, 6) is 0.304. The molecular formula is C28H30Cl2F3N3O3S. The number of amidine groups is 1. The van der Waals surface area contributed by atoms with Crippen molar-refractivity contribution in [3.05, 3.63) is 64.1 Å². The van der Waals surface area contributed by atoms with Crippen molar-refractivity contribution in [2.75, 3.05) is 0 Å². The number of nitrogens with one attached hydrogen (secondary N) is 1. The Bertz CT molecular complexity index is 1440. The van der Waals surface area contributed by atoms with Crippen molar-refractivity contribution in [3.8, 4) is 0 Å². The zero-order chi connectivity index (χ0) is 29.1. The van der Waals surface area contributed by atoms with Crippen LogP contribution in [0.2, 0.25) is 10.0 Å². The van der Waals surface area contributed by atoms with Gasteiger partial charge in [0.1, 0.15) is 16.8 Å². The van der Waals surface area contributed by atoms with Gasteiger partial charge < -0.3 is 5.32 Å². The van der Waals surface area contributed by atoms with E-state index in [0.717, 1.165) is 5.56 Å². The number of aliphatic imine (C=N–C) groups is 1. The van der Waals surface area contributed by atoms with Crippen molar-refractivity contribution < 1.29 is 26.4 Å². The molecule has 1 N–H and O–H groups in total. The molecule has 2 bridgehead atoms. The molecule has 1 heterocycles. The fraction of sp³-hybridized carbons (Fsp3) is 0.500. The van der Waals surface area contributed by atoms with Gasteiger partial charge in [0.2, 0.25) is 10.0 Å². The number of hydrogen-bond acceptors (Lipinski definition) is 5. The lowest BCUT2D eigenvalue weighted by atomic mass is 9.38. The van der Waals surface area contributed by atoms with Crippen LogP contribution in [0.15, 0.2) is 58.4 Å². The minimum atomic E-state index is -4.31. The normalized spacial score (nSPS) is 27.0. The highest BCUT2D eigenvalue weighted by Gasteiger charge is 2.75. The average molecular weight is 617 g/mol. The van der Waals surface area contributed by atoms with Crippen LogP contribution in [0.3, 0.4) is 0 Å². The third kappa shape index (κ3) is 5.28. The topological polar surface area (TPSA) is 78.8 Å². The van der Waals surface area contributed by atoms with Gasteiger partial charge in [-0.25, -0.2) is 8.42 Å². The molecular weight excluding hydrogens is 586 g/mol. The van der Waals surface area contributed by atoms with Crippen molar-refractivity contribution in [1.29, 1.82) is 0 Å². The Morgan fingerprint density at radius 1 is 1.07 bits per heavy atom. The minimum absolute atomic E-state index is 0.0337. The summed E-state index contributed by atoms with van der Waals surface area (Å²) in [6.07, 6.45) is -4.26. The molecule has 0 spiro atoms. The zero-order valence-electron chi connectivity index (χ0n) is 22.1. The van der Waals surface area contributed by atoms with Crippen molar-refractivity contribution in [2.24, 2.45) is 10.4 Å². The van der Waals surface area contributed by atoms with Crippen LogP contribution in [0.1, 0.15) is 57.9 Å². The number of Topliss-reactive ketones (excluding diaryl/α,β-unsaturated/α-hetero) is 1. The van der Waals surface area contributed by atoms with E-state index in [-0.39, 0.29) is 35.1 Å². The molecule has 2 aromatic rings. The molecule has 0 amide bonds. The number of ketones is 1. The Morgan fingerprint density at radius 3 is 2.30 bits per heavy atom. The fourth-order valence-electron chi connectivity index (χ4n) is 6.33. The van der Waals surface area contributed by atoms with E-state index in [9.17, 15) is 26.4 Å². The van der Waals surface area contributed by atoms with Crippen molar-refractivity contribution >= 4 is 44.8 Å². The maximum atomic E-state index is 14.0. The summed E-state index contributed by atoms with van der Waals surface area (Å²) in [6.45, 7) is 3.75. The Kier molecular flexibility index (Phi) is 7.34. The Morgan fingerprint density at radius 2 is 1.70 bits per heavy atom. The molecule has 3 fully saturated rings. The third-order valence-corrected chi connectivity index (χ3v) is 11.0. The minimum Gasteiger partial charge on any atom is -0.366 e. The first kappa shape index (κ1) is 29.4. The van der Waals surface area contributed by atoms with Crippen LogP contribution in [-0.2, 0) is 21.4 Å². The van der Waals surface area contributed by atoms with Gasteiger partial charge >= 0.3 is 6.18 Å². The Hall–Kier alpha value is -2.14. The summed E-state index contributed by atoms with van der Waals surface area (Å²) in [5.41, 5.74) is -1.03. The number of carbonyl (C=O) groups excluding carboxylic acids is 1. The van der Waals surface area contributed by atoms with Gasteiger partial charge in [0.05, 0.1) is 10.6 Å². The summed E-state index contributed by atoms with van der Waals surface area (Å²) in [6, 6.07) is 12.6. The van der Waals surface area contributed by atoms with Gasteiger partial charge in [0, 0.05) is 35.4 Å². The maximum absolute atomic E-state index is 14.0. The second-order valence-corrected chi connectivity index (χ2v) is 14.4. The Labute approximate surface area is 242 Å². The second kappa shape index (κ2) is 10.00. The van der Waals surface area contributed by atoms with Crippen LogP contribution in [0, 0.1) is 5.41 Å². The predicted octanol–water partition coefficient (Wildman–Crippen LogP) is 6.56. The quantitative estimate of drug-likeness (QED) is 0.328. The number of alkyl halides is 3. The van der Waals surface area contributed by atoms with Gasteiger partial charge in [0.15, 0.2) is 5.78 Å². The SMILES string of the molecule is CC1(C)NC(C23CC(N(Cc4ccc(Cl)cc4)S(=O)(=O)c4ccccc4Cl)(C2)C3)=N[C@H]1C(=O)CCCC(F)(F)F. The first-order valence-corrected chi connectivity index (χ1v) is 15.2. The first-order chi connectivity index (χ1) is 18.6. The lowest BCUT2D eigenvalue weighted by Gasteiger charge is -2.73. The van der Waals surface area contributed by atoms with Gasteiger partial charge in [-0.05, 0) is 69.4 Å². The number of benzene rings is 2. The van der Waals surface area contributed by atoms with Crippen molar-refractivity contribution in [3.63, 3.8) is 0 Å².